The van der Waals surface area contributed by atoms with Crippen LogP contribution in [0.1, 0.15) is 5.56 Å². The average molecular weight is 304 g/mol. The van der Waals surface area contributed by atoms with E-state index in [0.29, 0.717) is 11.3 Å². The van der Waals surface area contributed by atoms with Crippen LogP contribution in [-0.2, 0) is 10.3 Å². The zero-order chi connectivity index (χ0) is 15.3. The van der Waals surface area contributed by atoms with Gasteiger partial charge < -0.3 is 4.74 Å². The summed E-state index contributed by atoms with van der Waals surface area (Å²) in [5, 5.41) is 4.98. The van der Waals surface area contributed by atoms with E-state index in [1.165, 1.54) is 12.1 Å². The van der Waals surface area contributed by atoms with Gasteiger partial charge in [-0.05, 0) is 42.0 Å². The molecule has 2 aromatic carbocycles. The largest absolute Gasteiger partial charge is 0.358 e. The molecule has 6 heteroatoms. The van der Waals surface area contributed by atoms with E-state index in [-0.39, 0.29) is 12.4 Å². The molecule has 1 unspecified atom stereocenters. The van der Waals surface area contributed by atoms with Crippen molar-refractivity contribution in [1.29, 1.82) is 0 Å². The summed E-state index contributed by atoms with van der Waals surface area (Å²) in [6, 6.07) is 10.9. The first-order chi connectivity index (χ1) is 10.6. The number of alkyl halides is 2. The molecule has 1 fully saturated rings. The average Bonchev–Trinajstić information content (AvgIpc) is 3.23. The predicted octanol–water partition coefficient (Wildman–Crippen LogP) is 3.66. The Morgan fingerprint density at radius 3 is 2.50 bits per heavy atom. The van der Waals surface area contributed by atoms with Gasteiger partial charge in [-0.25, -0.2) is 17.9 Å². The minimum absolute atomic E-state index is 0.0300. The Morgan fingerprint density at radius 2 is 1.86 bits per heavy atom. The first-order valence-electron chi connectivity index (χ1n) is 6.76. The van der Waals surface area contributed by atoms with Gasteiger partial charge in [-0.15, -0.1) is 0 Å². The zero-order valence-electron chi connectivity index (χ0n) is 11.3. The van der Waals surface area contributed by atoms with Gasteiger partial charge in [0.1, 0.15) is 5.82 Å². The van der Waals surface area contributed by atoms with E-state index in [1.54, 1.807) is 41.2 Å². The first kappa shape index (κ1) is 13.3. The van der Waals surface area contributed by atoms with E-state index in [2.05, 4.69) is 5.10 Å². The molecule has 0 saturated carbocycles. The second-order valence-corrected chi connectivity index (χ2v) is 5.29. The highest BCUT2D eigenvalue weighted by molar-refractivity contribution is 5.81. The molecule has 0 amide bonds. The van der Waals surface area contributed by atoms with E-state index in [1.807, 2.05) is 0 Å². The van der Waals surface area contributed by atoms with Gasteiger partial charge in [0, 0.05) is 5.39 Å². The van der Waals surface area contributed by atoms with Gasteiger partial charge in [-0.1, -0.05) is 6.07 Å². The van der Waals surface area contributed by atoms with Crippen molar-refractivity contribution in [1.82, 2.24) is 9.78 Å². The van der Waals surface area contributed by atoms with Crippen molar-refractivity contribution in [2.45, 2.75) is 12.0 Å². The number of benzene rings is 2. The van der Waals surface area contributed by atoms with Gasteiger partial charge in [0.15, 0.2) is 5.60 Å². The molecular weight excluding hydrogens is 293 g/mol. The summed E-state index contributed by atoms with van der Waals surface area (Å²) < 4.78 is 45.8. The van der Waals surface area contributed by atoms with Gasteiger partial charge in [0.2, 0.25) is 0 Å². The fourth-order valence-corrected chi connectivity index (χ4v) is 2.58. The van der Waals surface area contributed by atoms with Crippen molar-refractivity contribution in [3.8, 4) is 5.69 Å². The number of halogens is 3. The Labute approximate surface area is 123 Å². The summed E-state index contributed by atoms with van der Waals surface area (Å²) in [5.41, 5.74) is 0.455. The van der Waals surface area contributed by atoms with Crippen molar-refractivity contribution in [3.63, 3.8) is 0 Å². The van der Waals surface area contributed by atoms with E-state index < -0.39 is 12.0 Å². The van der Waals surface area contributed by atoms with Crippen LogP contribution in [0, 0.1) is 5.82 Å². The Hall–Kier alpha value is -2.34. The van der Waals surface area contributed by atoms with E-state index in [4.69, 9.17) is 4.74 Å². The van der Waals surface area contributed by atoms with Crippen molar-refractivity contribution >= 4 is 10.9 Å². The second kappa shape index (κ2) is 4.58. The highest BCUT2D eigenvalue weighted by Crippen LogP contribution is 2.44. The van der Waals surface area contributed by atoms with Crippen molar-refractivity contribution < 1.29 is 17.9 Å². The molecule has 22 heavy (non-hydrogen) atoms. The number of fused-ring (bicyclic) bond motifs is 1. The standard InChI is InChI=1S/C16H11F3N2O/c17-12-2-4-13(5-3-12)21-14-6-1-11(7-10(14)8-20-21)16(9-22-16)15(18)19/h1-8,15H,9H2. The van der Waals surface area contributed by atoms with E-state index in [0.717, 1.165) is 10.9 Å². The minimum atomic E-state index is -2.56. The lowest BCUT2D eigenvalue weighted by Crippen LogP contribution is -2.19. The predicted molar refractivity (Wildman–Crippen MR) is 74.7 cm³/mol. The Morgan fingerprint density at radius 1 is 1.14 bits per heavy atom. The monoisotopic (exact) mass is 304 g/mol. The van der Waals surface area contributed by atoms with Crippen LogP contribution in [0.15, 0.2) is 48.7 Å². The maximum Gasteiger partial charge on any atom is 0.273 e. The lowest BCUT2D eigenvalue weighted by atomic mass is 9.99. The number of epoxide rings is 1. The molecule has 112 valence electrons. The molecular formula is C16H11F3N2O. The Bertz CT molecular complexity index is 838. The zero-order valence-corrected chi connectivity index (χ0v) is 11.3. The molecule has 1 atom stereocenters. The third kappa shape index (κ3) is 1.91. The lowest BCUT2D eigenvalue weighted by Gasteiger charge is -2.11. The van der Waals surface area contributed by atoms with Crippen LogP contribution in [0.2, 0.25) is 0 Å². The lowest BCUT2D eigenvalue weighted by molar-refractivity contribution is 0.0453. The normalized spacial score (nSPS) is 20.7. The quantitative estimate of drug-likeness (QED) is 0.691. The number of hydrogen-bond acceptors (Lipinski definition) is 2. The molecule has 0 bridgehead atoms. The van der Waals surface area contributed by atoms with Gasteiger partial charge in [-0.3, -0.25) is 0 Å². The molecule has 0 aliphatic carbocycles. The maximum atomic E-state index is 13.1. The number of ether oxygens (including phenoxy) is 1. The molecule has 1 aromatic heterocycles. The Kier molecular flexibility index (Phi) is 2.77. The summed E-state index contributed by atoms with van der Waals surface area (Å²) in [4.78, 5) is 0. The molecule has 3 nitrogen and oxygen atoms in total. The Balaban J connectivity index is 1.79. The number of aromatic nitrogens is 2. The van der Waals surface area contributed by atoms with Gasteiger partial charge in [0.05, 0.1) is 24.0 Å². The van der Waals surface area contributed by atoms with Crippen molar-refractivity contribution in [2.24, 2.45) is 0 Å². The molecule has 4 rings (SSSR count). The third-order valence-corrected chi connectivity index (χ3v) is 3.94. The molecule has 0 spiro atoms. The fraction of sp³-hybridized carbons (Fsp3) is 0.188. The van der Waals surface area contributed by atoms with Gasteiger partial charge in [-0.2, -0.15) is 5.10 Å². The summed E-state index contributed by atoms with van der Waals surface area (Å²) in [6.45, 7) is 0.0300. The number of rotatable bonds is 3. The van der Waals surface area contributed by atoms with Crippen LogP contribution >= 0.6 is 0 Å². The molecule has 1 saturated heterocycles. The van der Waals surface area contributed by atoms with E-state index in [9.17, 15) is 13.2 Å². The van der Waals surface area contributed by atoms with Crippen LogP contribution in [0.5, 0.6) is 0 Å². The van der Waals surface area contributed by atoms with Crippen LogP contribution < -0.4 is 0 Å². The third-order valence-electron chi connectivity index (χ3n) is 3.94. The fourth-order valence-electron chi connectivity index (χ4n) is 2.58. The maximum absolute atomic E-state index is 13.1. The smallest absolute Gasteiger partial charge is 0.273 e. The molecule has 1 aliphatic rings. The first-order valence-corrected chi connectivity index (χ1v) is 6.76. The summed E-state index contributed by atoms with van der Waals surface area (Å²) in [7, 11) is 0. The highest BCUT2D eigenvalue weighted by atomic mass is 19.3. The molecule has 3 aromatic rings. The van der Waals surface area contributed by atoms with E-state index >= 15 is 0 Å². The van der Waals surface area contributed by atoms with Crippen LogP contribution in [0.4, 0.5) is 13.2 Å². The van der Waals surface area contributed by atoms with Crippen molar-refractivity contribution in [3.05, 3.63) is 60.0 Å². The van der Waals surface area contributed by atoms with Gasteiger partial charge >= 0.3 is 0 Å². The highest BCUT2D eigenvalue weighted by Gasteiger charge is 2.55. The van der Waals surface area contributed by atoms with Crippen LogP contribution in [-0.4, -0.2) is 22.8 Å². The summed E-state index contributed by atoms with van der Waals surface area (Å²) in [5.74, 6) is -0.327. The second-order valence-electron chi connectivity index (χ2n) is 5.29. The van der Waals surface area contributed by atoms with Gasteiger partial charge in [0.25, 0.3) is 6.43 Å². The van der Waals surface area contributed by atoms with Crippen LogP contribution in [0.25, 0.3) is 16.6 Å². The number of nitrogens with zero attached hydrogens (tertiary/aromatic N) is 2. The van der Waals surface area contributed by atoms with Crippen molar-refractivity contribution in [2.75, 3.05) is 6.61 Å². The molecule has 0 radical (unpaired) electrons. The summed E-state index contributed by atoms with van der Waals surface area (Å²) in [6.07, 6.45) is -0.957. The van der Waals surface area contributed by atoms with Crippen LogP contribution in [0.3, 0.4) is 0 Å². The minimum Gasteiger partial charge on any atom is -0.358 e. The molecule has 0 N–H and O–H groups in total. The summed E-state index contributed by atoms with van der Waals surface area (Å²) >= 11 is 0. The topological polar surface area (TPSA) is 30.4 Å². The number of hydrogen-bond donors (Lipinski definition) is 0. The molecule has 1 aliphatic heterocycles. The SMILES string of the molecule is Fc1ccc(-n2ncc3cc(C4(C(F)F)CO4)ccc32)cc1. The molecule has 2 heterocycles.